The van der Waals surface area contributed by atoms with E-state index in [0.717, 1.165) is 5.56 Å². The van der Waals surface area contributed by atoms with Crippen molar-refractivity contribution in [1.29, 1.82) is 0 Å². The van der Waals surface area contributed by atoms with Gasteiger partial charge in [0.15, 0.2) is 28.8 Å². The smallest absolute Gasteiger partial charge is 0.259 e. The van der Waals surface area contributed by atoms with Crippen LogP contribution in [0.2, 0.25) is 0 Å². The van der Waals surface area contributed by atoms with Crippen LogP contribution in [-0.2, 0) is 11.2 Å². The number of ketones is 1. The first-order valence-electron chi connectivity index (χ1n) is 11.5. The Morgan fingerprint density at radius 1 is 0.784 bits per heavy atom. The number of rotatable bonds is 10. The van der Waals surface area contributed by atoms with Gasteiger partial charge in [-0.1, -0.05) is 24.3 Å². The number of aliphatic hydroxyl groups excluding tert-OH is 1. The molecule has 0 aromatic heterocycles. The number of hydrogen-bond acceptors (Lipinski definition) is 8. The first-order chi connectivity index (χ1) is 17.6. The van der Waals surface area contributed by atoms with Crippen LogP contribution in [0.4, 0.5) is 5.69 Å². The van der Waals surface area contributed by atoms with E-state index in [4.69, 9.17) is 0 Å². The Hall–Kier alpha value is -4.57. The summed E-state index contributed by atoms with van der Waals surface area (Å²) in [5, 5.41) is 53.9. The van der Waals surface area contributed by atoms with Gasteiger partial charge in [0, 0.05) is 12.1 Å². The standard InChI is InChI=1S/C27H28N2O8/c1-15(30)23(29-27(37)19-7-4-10-22(33)25(19)35)20(31)8-2-5-16-11-13-17(14-12-16)28-26(36)18-6-3-9-21(32)24(18)34/h3-4,6-7,9-15,23,30,32-35H,2,5,8H2,1H3,(H,28,36)(H,29,37)/t15-,23+/m1/s1. The lowest BCUT2D eigenvalue weighted by atomic mass is 9.99. The van der Waals surface area contributed by atoms with Crippen LogP contribution in [0.5, 0.6) is 23.0 Å². The lowest BCUT2D eigenvalue weighted by molar-refractivity contribution is -0.123. The third-order valence-corrected chi connectivity index (χ3v) is 5.74. The zero-order valence-electron chi connectivity index (χ0n) is 20.0. The van der Waals surface area contributed by atoms with Crippen molar-refractivity contribution in [3.05, 3.63) is 77.4 Å². The highest BCUT2D eigenvalue weighted by atomic mass is 16.3. The van der Waals surface area contributed by atoms with Crippen molar-refractivity contribution in [2.45, 2.75) is 38.3 Å². The molecule has 10 heteroatoms. The van der Waals surface area contributed by atoms with Crippen LogP contribution in [0, 0.1) is 0 Å². The van der Waals surface area contributed by atoms with Crippen LogP contribution in [0.25, 0.3) is 0 Å². The van der Waals surface area contributed by atoms with Crippen molar-refractivity contribution in [3.63, 3.8) is 0 Å². The monoisotopic (exact) mass is 508 g/mol. The molecule has 7 N–H and O–H groups in total. The average molecular weight is 509 g/mol. The van der Waals surface area contributed by atoms with Gasteiger partial charge in [0.1, 0.15) is 6.04 Å². The molecule has 194 valence electrons. The predicted molar refractivity (Wildman–Crippen MR) is 135 cm³/mol. The van der Waals surface area contributed by atoms with E-state index in [1.165, 1.54) is 43.3 Å². The van der Waals surface area contributed by atoms with Crippen molar-refractivity contribution < 1.29 is 39.9 Å². The quantitative estimate of drug-likeness (QED) is 0.204. The third-order valence-electron chi connectivity index (χ3n) is 5.74. The van der Waals surface area contributed by atoms with Crippen molar-refractivity contribution in [1.82, 2.24) is 5.32 Å². The molecule has 0 radical (unpaired) electrons. The molecule has 10 nitrogen and oxygen atoms in total. The predicted octanol–water partition coefficient (Wildman–Crippen LogP) is 2.83. The van der Waals surface area contributed by atoms with Crippen LogP contribution in [0.3, 0.4) is 0 Å². The number of benzene rings is 3. The highest BCUT2D eigenvalue weighted by molar-refractivity contribution is 6.06. The Morgan fingerprint density at radius 3 is 1.86 bits per heavy atom. The number of anilines is 1. The highest BCUT2D eigenvalue weighted by Crippen LogP contribution is 2.29. The van der Waals surface area contributed by atoms with Gasteiger partial charge in [0.2, 0.25) is 0 Å². The second-order valence-corrected chi connectivity index (χ2v) is 8.51. The molecule has 0 bridgehead atoms. The van der Waals surface area contributed by atoms with E-state index in [0.29, 0.717) is 18.5 Å². The van der Waals surface area contributed by atoms with Crippen LogP contribution in [0.15, 0.2) is 60.7 Å². The molecular weight excluding hydrogens is 480 g/mol. The van der Waals surface area contributed by atoms with Crippen molar-refractivity contribution in [2.75, 3.05) is 5.32 Å². The van der Waals surface area contributed by atoms with Crippen molar-refractivity contribution in [2.24, 2.45) is 0 Å². The summed E-state index contributed by atoms with van der Waals surface area (Å²) in [6.07, 6.45) is -0.166. The van der Waals surface area contributed by atoms with E-state index < -0.39 is 52.7 Å². The number of aliphatic hydroxyl groups is 1. The second-order valence-electron chi connectivity index (χ2n) is 8.51. The lowest BCUT2D eigenvalue weighted by Crippen LogP contribution is -2.47. The summed E-state index contributed by atoms with van der Waals surface area (Å²) in [7, 11) is 0. The SMILES string of the molecule is C[C@@H](O)[C@H](NC(=O)c1cccc(O)c1O)C(=O)CCCc1ccc(NC(=O)c2cccc(O)c2O)cc1. The molecule has 0 aliphatic rings. The number of phenols is 4. The maximum absolute atomic E-state index is 12.7. The van der Waals surface area contributed by atoms with Gasteiger partial charge in [0.05, 0.1) is 17.2 Å². The molecular formula is C27H28N2O8. The number of nitrogens with one attached hydrogen (secondary N) is 2. The fourth-order valence-corrected chi connectivity index (χ4v) is 3.69. The molecule has 2 amide bonds. The molecule has 3 aromatic carbocycles. The van der Waals surface area contributed by atoms with Crippen LogP contribution < -0.4 is 10.6 Å². The molecule has 0 unspecified atom stereocenters. The molecule has 0 heterocycles. The largest absolute Gasteiger partial charge is 0.504 e. The van der Waals surface area contributed by atoms with Gasteiger partial charge in [-0.15, -0.1) is 0 Å². The fraction of sp³-hybridized carbons (Fsp3) is 0.222. The molecule has 0 aliphatic heterocycles. The van der Waals surface area contributed by atoms with Gasteiger partial charge in [0.25, 0.3) is 11.8 Å². The number of carbonyl (C=O) groups is 3. The van der Waals surface area contributed by atoms with Gasteiger partial charge >= 0.3 is 0 Å². The summed E-state index contributed by atoms with van der Waals surface area (Å²) < 4.78 is 0. The first kappa shape index (κ1) is 27.0. The van der Waals surface area contributed by atoms with E-state index in [9.17, 15) is 39.9 Å². The highest BCUT2D eigenvalue weighted by Gasteiger charge is 2.27. The Kier molecular flexibility index (Phi) is 8.70. The van der Waals surface area contributed by atoms with Crippen LogP contribution in [-0.4, -0.2) is 55.3 Å². The minimum absolute atomic E-state index is 0.0666. The number of phenolic OH excluding ortho intramolecular Hbond substituents is 4. The summed E-state index contributed by atoms with van der Waals surface area (Å²) in [6, 6.07) is 13.6. The molecule has 37 heavy (non-hydrogen) atoms. The molecule has 3 rings (SSSR count). The third kappa shape index (κ3) is 6.77. The first-order valence-corrected chi connectivity index (χ1v) is 11.5. The summed E-state index contributed by atoms with van der Waals surface area (Å²) >= 11 is 0. The van der Waals surface area contributed by atoms with E-state index in [1.54, 1.807) is 24.3 Å². The number of para-hydroxylation sites is 2. The maximum atomic E-state index is 12.7. The number of Topliss-reactive ketones (excluding diaryl/α,β-unsaturated/α-hetero) is 1. The molecule has 0 spiro atoms. The number of aryl methyl sites for hydroxylation is 1. The zero-order chi connectivity index (χ0) is 27.1. The Morgan fingerprint density at radius 2 is 1.32 bits per heavy atom. The topological polar surface area (TPSA) is 176 Å². The fourth-order valence-electron chi connectivity index (χ4n) is 3.69. The van der Waals surface area contributed by atoms with Gasteiger partial charge in [-0.3, -0.25) is 14.4 Å². The Bertz CT molecular complexity index is 1290. The molecule has 2 atom stereocenters. The summed E-state index contributed by atoms with van der Waals surface area (Å²) in [5.74, 6) is -3.77. The molecule has 0 saturated carbocycles. The van der Waals surface area contributed by atoms with E-state index >= 15 is 0 Å². The summed E-state index contributed by atoms with van der Waals surface area (Å²) in [4.78, 5) is 37.5. The normalized spacial score (nSPS) is 12.4. The number of carbonyl (C=O) groups excluding carboxylic acids is 3. The molecule has 0 aliphatic carbocycles. The lowest BCUT2D eigenvalue weighted by Gasteiger charge is -2.20. The van der Waals surface area contributed by atoms with Gasteiger partial charge < -0.3 is 36.2 Å². The number of amides is 2. The second kappa shape index (κ2) is 11.9. The van der Waals surface area contributed by atoms with Crippen molar-refractivity contribution in [3.8, 4) is 23.0 Å². The van der Waals surface area contributed by atoms with Crippen molar-refractivity contribution >= 4 is 23.3 Å². The van der Waals surface area contributed by atoms with Gasteiger partial charge in [-0.05, 0) is 61.7 Å². The summed E-state index contributed by atoms with van der Waals surface area (Å²) in [6.45, 7) is 1.37. The van der Waals surface area contributed by atoms with Crippen LogP contribution >= 0.6 is 0 Å². The maximum Gasteiger partial charge on any atom is 0.259 e. The van der Waals surface area contributed by atoms with E-state index in [-0.39, 0.29) is 17.5 Å². The number of hydrogen-bond donors (Lipinski definition) is 7. The summed E-state index contributed by atoms with van der Waals surface area (Å²) in [5.41, 5.74) is 1.07. The average Bonchev–Trinajstić information content (AvgIpc) is 2.86. The molecule has 0 fully saturated rings. The minimum Gasteiger partial charge on any atom is -0.504 e. The minimum atomic E-state index is -1.19. The molecule has 3 aromatic rings. The van der Waals surface area contributed by atoms with Gasteiger partial charge in [-0.2, -0.15) is 0 Å². The van der Waals surface area contributed by atoms with Gasteiger partial charge in [-0.25, -0.2) is 0 Å². The molecule has 0 saturated heterocycles. The zero-order valence-corrected chi connectivity index (χ0v) is 20.0. The van der Waals surface area contributed by atoms with E-state index in [2.05, 4.69) is 10.6 Å². The Labute approximate surface area is 212 Å². The van der Waals surface area contributed by atoms with E-state index in [1.807, 2.05) is 0 Å². The number of aromatic hydroxyl groups is 4. The van der Waals surface area contributed by atoms with Crippen LogP contribution in [0.1, 0.15) is 46.0 Å². The Balaban J connectivity index is 1.53.